The van der Waals surface area contributed by atoms with Crippen molar-refractivity contribution in [2.45, 2.75) is 43.2 Å². The third kappa shape index (κ3) is 3.74. The van der Waals surface area contributed by atoms with E-state index in [9.17, 15) is 23.3 Å². The number of sulfonamides is 1. The van der Waals surface area contributed by atoms with Crippen LogP contribution in [0.25, 0.3) is 0 Å². The zero-order chi connectivity index (χ0) is 19.8. The molecule has 11 heteroatoms. The number of nitro groups is 1. The van der Waals surface area contributed by atoms with Crippen LogP contribution in [0.3, 0.4) is 0 Å². The summed E-state index contributed by atoms with van der Waals surface area (Å²) in [5, 5.41) is 10.9. The van der Waals surface area contributed by atoms with Crippen molar-refractivity contribution in [3.05, 3.63) is 33.3 Å². The van der Waals surface area contributed by atoms with Gasteiger partial charge in [-0.25, -0.2) is 13.2 Å². The fraction of sp³-hybridized carbons (Fsp3) is 0.562. The van der Waals surface area contributed by atoms with Gasteiger partial charge >= 0.3 is 6.09 Å². The van der Waals surface area contributed by atoms with Crippen molar-refractivity contribution >= 4 is 33.4 Å². The lowest BCUT2D eigenvalue weighted by molar-refractivity contribution is -0.384. The number of rotatable bonds is 5. The lowest BCUT2D eigenvalue weighted by Crippen LogP contribution is -2.49. The summed E-state index contributed by atoms with van der Waals surface area (Å²) in [5.41, 5.74) is -0.446. The molecule has 0 spiro atoms. The summed E-state index contributed by atoms with van der Waals surface area (Å²) in [6.45, 7) is 2.79. The van der Waals surface area contributed by atoms with Gasteiger partial charge in [0.25, 0.3) is 5.69 Å². The molecule has 148 valence electrons. The zero-order valence-electron chi connectivity index (χ0n) is 14.7. The van der Waals surface area contributed by atoms with Gasteiger partial charge in [0.15, 0.2) is 0 Å². The Kier molecular flexibility index (Phi) is 5.59. The number of hydrogen-bond donors (Lipinski definition) is 0. The molecule has 0 bridgehead atoms. The predicted octanol–water partition coefficient (Wildman–Crippen LogP) is 2.63. The molecular formula is C16H20ClN3O6S. The Morgan fingerprint density at radius 2 is 2.00 bits per heavy atom. The predicted molar refractivity (Wildman–Crippen MR) is 97.2 cm³/mol. The summed E-state index contributed by atoms with van der Waals surface area (Å²) in [6, 6.07) is 3.41. The van der Waals surface area contributed by atoms with Crippen molar-refractivity contribution in [3.63, 3.8) is 0 Å². The number of carbonyl (C=O) groups excluding carboxylic acids is 1. The number of hydrogen-bond acceptors (Lipinski definition) is 6. The van der Waals surface area contributed by atoms with Gasteiger partial charge in [-0.2, -0.15) is 4.31 Å². The average molecular weight is 418 g/mol. The number of benzene rings is 1. The summed E-state index contributed by atoms with van der Waals surface area (Å²) in [5.74, 6) is 0. The molecule has 1 amide bonds. The highest BCUT2D eigenvalue weighted by atomic mass is 35.5. The van der Waals surface area contributed by atoms with Crippen molar-refractivity contribution in [2.75, 3.05) is 19.7 Å². The van der Waals surface area contributed by atoms with Crippen molar-refractivity contribution in [3.8, 4) is 0 Å². The lowest BCUT2D eigenvalue weighted by Gasteiger charge is -2.37. The van der Waals surface area contributed by atoms with E-state index in [2.05, 4.69) is 0 Å². The highest BCUT2D eigenvalue weighted by Crippen LogP contribution is 2.31. The molecule has 0 aromatic heterocycles. The first-order valence-corrected chi connectivity index (χ1v) is 10.5. The smallest absolute Gasteiger partial charge is 0.410 e. The van der Waals surface area contributed by atoms with Gasteiger partial charge in [0, 0.05) is 25.2 Å². The van der Waals surface area contributed by atoms with Crippen LogP contribution in [-0.2, 0) is 14.8 Å². The molecule has 0 saturated carbocycles. The van der Waals surface area contributed by atoms with Crippen LogP contribution in [0.4, 0.5) is 10.5 Å². The fourth-order valence-electron chi connectivity index (χ4n) is 3.54. The van der Waals surface area contributed by atoms with Crippen LogP contribution in [0.2, 0.25) is 5.02 Å². The number of cyclic esters (lactones) is 1. The Balaban J connectivity index is 1.74. The molecule has 2 aliphatic rings. The van der Waals surface area contributed by atoms with Crippen molar-refractivity contribution in [1.29, 1.82) is 0 Å². The summed E-state index contributed by atoms with van der Waals surface area (Å²) < 4.78 is 32.1. The molecule has 3 rings (SSSR count). The number of piperidine rings is 1. The van der Waals surface area contributed by atoms with Crippen LogP contribution < -0.4 is 0 Å². The second-order valence-electron chi connectivity index (χ2n) is 6.55. The van der Waals surface area contributed by atoms with Gasteiger partial charge in [-0.05, 0) is 31.4 Å². The third-order valence-electron chi connectivity index (χ3n) is 5.04. The number of carbonyl (C=O) groups is 1. The molecule has 0 radical (unpaired) electrons. The number of ether oxygens (including phenoxy) is 1. The van der Waals surface area contributed by atoms with Crippen molar-refractivity contribution in [2.24, 2.45) is 0 Å². The molecule has 2 fully saturated rings. The Bertz CT molecular complexity index is 854. The number of halogens is 1. The first-order valence-electron chi connectivity index (χ1n) is 8.65. The Morgan fingerprint density at radius 3 is 2.59 bits per heavy atom. The maximum absolute atomic E-state index is 12.8. The highest BCUT2D eigenvalue weighted by Gasteiger charge is 2.40. The van der Waals surface area contributed by atoms with Gasteiger partial charge in [0.1, 0.15) is 11.6 Å². The molecule has 2 heterocycles. The van der Waals surface area contributed by atoms with E-state index in [0.29, 0.717) is 19.4 Å². The summed E-state index contributed by atoms with van der Waals surface area (Å²) in [6.07, 6.45) is 1.40. The third-order valence-corrected chi connectivity index (χ3v) is 7.26. The average Bonchev–Trinajstić information content (AvgIpc) is 3.02. The van der Waals surface area contributed by atoms with Crippen LogP contribution in [0.5, 0.6) is 0 Å². The number of nitro benzene ring substituents is 1. The van der Waals surface area contributed by atoms with Crippen LogP contribution >= 0.6 is 11.6 Å². The maximum atomic E-state index is 12.8. The minimum atomic E-state index is -3.88. The Labute approximate surface area is 162 Å². The SMILES string of the molecule is CCC1COC(=O)N1C1CCN(S(=O)(=O)c2ccc(Cl)c([N+](=O)[O-])c2)CC1. The molecule has 1 aromatic rings. The molecule has 9 nitrogen and oxygen atoms in total. The van der Waals surface area contributed by atoms with E-state index in [4.69, 9.17) is 16.3 Å². The molecule has 1 unspecified atom stereocenters. The maximum Gasteiger partial charge on any atom is 0.410 e. The lowest BCUT2D eigenvalue weighted by atomic mass is 10.0. The van der Waals surface area contributed by atoms with Crippen molar-refractivity contribution < 1.29 is 22.9 Å². The first kappa shape index (κ1) is 19.8. The fourth-order valence-corrected chi connectivity index (χ4v) is 5.21. The molecule has 27 heavy (non-hydrogen) atoms. The Morgan fingerprint density at radius 1 is 1.33 bits per heavy atom. The van der Waals surface area contributed by atoms with E-state index >= 15 is 0 Å². The van der Waals surface area contributed by atoms with Gasteiger partial charge in [-0.3, -0.25) is 15.0 Å². The van der Waals surface area contributed by atoms with E-state index < -0.39 is 20.6 Å². The monoisotopic (exact) mass is 417 g/mol. The minimum Gasteiger partial charge on any atom is -0.447 e. The standard InChI is InChI=1S/C16H20ClN3O6S/c1-2-11-10-26-16(21)19(11)12-5-7-18(8-6-12)27(24,25)13-3-4-14(17)15(9-13)20(22)23/h3-4,9,11-12H,2,5-8,10H2,1H3. The number of nitrogens with zero attached hydrogens (tertiary/aromatic N) is 3. The van der Waals surface area contributed by atoms with Gasteiger partial charge < -0.3 is 4.74 Å². The normalized spacial score (nSPS) is 22.1. The topological polar surface area (TPSA) is 110 Å². The molecule has 1 aromatic carbocycles. The summed E-state index contributed by atoms with van der Waals surface area (Å²) in [7, 11) is -3.88. The zero-order valence-corrected chi connectivity index (χ0v) is 16.3. The van der Waals surface area contributed by atoms with Crippen LogP contribution in [0.1, 0.15) is 26.2 Å². The second-order valence-corrected chi connectivity index (χ2v) is 8.90. The van der Waals surface area contributed by atoms with Crippen LogP contribution in [0.15, 0.2) is 23.1 Å². The molecule has 2 aliphatic heterocycles. The van der Waals surface area contributed by atoms with Gasteiger partial charge in [-0.15, -0.1) is 0 Å². The van der Waals surface area contributed by atoms with E-state index in [0.717, 1.165) is 12.5 Å². The van der Waals surface area contributed by atoms with Crippen LogP contribution in [0, 0.1) is 10.1 Å². The summed E-state index contributed by atoms with van der Waals surface area (Å²) in [4.78, 5) is 23.8. The quantitative estimate of drug-likeness (QED) is 0.538. The van der Waals surface area contributed by atoms with Gasteiger partial charge in [-0.1, -0.05) is 18.5 Å². The van der Waals surface area contributed by atoms with Gasteiger partial charge in [0.05, 0.1) is 15.9 Å². The minimum absolute atomic E-state index is 0.0181. The molecule has 2 saturated heterocycles. The number of amides is 1. The second kappa shape index (κ2) is 7.61. The molecule has 0 N–H and O–H groups in total. The Hall–Kier alpha value is -1.91. The first-order chi connectivity index (χ1) is 12.8. The van der Waals surface area contributed by atoms with E-state index in [1.807, 2.05) is 6.92 Å². The highest BCUT2D eigenvalue weighted by molar-refractivity contribution is 7.89. The van der Waals surface area contributed by atoms with E-state index in [1.165, 1.54) is 16.4 Å². The molecule has 1 atom stereocenters. The van der Waals surface area contributed by atoms with Gasteiger partial charge in [0.2, 0.25) is 10.0 Å². The largest absolute Gasteiger partial charge is 0.447 e. The van der Waals surface area contributed by atoms with E-state index in [-0.39, 0.29) is 41.2 Å². The molecular weight excluding hydrogens is 398 g/mol. The summed E-state index contributed by atoms with van der Waals surface area (Å²) >= 11 is 5.76. The van der Waals surface area contributed by atoms with E-state index in [1.54, 1.807) is 4.90 Å². The molecule has 0 aliphatic carbocycles. The van der Waals surface area contributed by atoms with Crippen molar-refractivity contribution in [1.82, 2.24) is 9.21 Å². The van der Waals surface area contributed by atoms with Crippen LogP contribution in [-0.4, -0.2) is 60.4 Å².